The number of hydrogen-bond acceptors (Lipinski definition) is 6. The van der Waals surface area contributed by atoms with Gasteiger partial charge in [0.1, 0.15) is 0 Å². The van der Waals surface area contributed by atoms with E-state index in [9.17, 15) is 0 Å². The van der Waals surface area contributed by atoms with Crippen LogP contribution in [0.4, 0.5) is 0 Å². The van der Waals surface area contributed by atoms with Gasteiger partial charge in [0.15, 0.2) is 10.8 Å². The molecule has 0 spiro atoms. The molecular formula is C12H10N6OS. The van der Waals surface area contributed by atoms with Gasteiger partial charge in [0.05, 0.1) is 17.5 Å². The van der Waals surface area contributed by atoms with E-state index in [1.54, 1.807) is 15.5 Å². The van der Waals surface area contributed by atoms with Gasteiger partial charge in [-0.3, -0.25) is 4.68 Å². The summed E-state index contributed by atoms with van der Waals surface area (Å²) in [6, 6.07) is 3.65. The topological polar surface area (TPSA) is 74.0 Å². The maximum absolute atomic E-state index is 5.35. The molecule has 4 rings (SSSR count). The van der Waals surface area contributed by atoms with Gasteiger partial charge < -0.3 is 4.42 Å². The molecule has 0 aromatic carbocycles. The third kappa shape index (κ3) is 1.58. The minimum atomic E-state index is 0.606. The van der Waals surface area contributed by atoms with E-state index in [1.165, 1.54) is 11.3 Å². The largest absolute Gasteiger partial charge is 0.461 e. The third-order valence-electron chi connectivity index (χ3n) is 2.98. The first-order valence-corrected chi connectivity index (χ1v) is 6.81. The molecule has 0 aliphatic carbocycles. The lowest BCUT2D eigenvalue weighted by molar-refractivity contribution is 0.575. The van der Waals surface area contributed by atoms with Crippen molar-refractivity contribution in [3.05, 3.63) is 30.3 Å². The first-order valence-electron chi connectivity index (χ1n) is 5.99. The molecule has 0 N–H and O–H groups in total. The van der Waals surface area contributed by atoms with Crippen LogP contribution in [0.1, 0.15) is 5.69 Å². The second kappa shape index (κ2) is 4.01. The number of furan rings is 1. The van der Waals surface area contributed by atoms with Crippen molar-refractivity contribution in [2.75, 3.05) is 0 Å². The van der Waals surface area contributed by atoms with Crippen LogP contribution >= 0.6 is 11.3 Å². The summed E-state index contributed by atoms with van der Waals surface area (Å²) in [4.78, 5) is 0.731. The summed E-state index contributed by atoms with van der Waals surface area (Å²) in [5.74, 6) is 1.26. The summed E-state index contributed by atoms with van der Waals surface area (Å²) in [7, 11) is 1.89. The molecule has 20 heavy (non-hydrogen) atoms. The molecule has 0 saturated heterocycles. The van der Waals surface area contributed by atoms with E-state index in [4.69, 9.17) is 4.42 Å². The first-order chi connectivity index (χ1) is 9.72. The number of aryl methyl sites for hydroxylation is 2. The summed E-state index contributed by atoms with van der Waals surface area (Å²) in [5.41, 5.74) is 1.95. The second-order valence-corrected chi connectivity index (χ2v) is 5.36. The minimum Gasteiger partial charge on any atom is -0.461 e. The molecule has 0 radical (unpaired) electrons. The van der Waals surface area contributed by atoms with Crippen LogP contribution in [0, 0.1) is 6.92 Å². The van der Waals surface area contributed by atoms with Gasteiger partial charge in [0.2, 0.25) is 10.8 Å². The Hall–Kier alpha value is -2.48. The third-order valence-corrected chi connectivity index (χ3v) is 3.91. The fraction of sp³-hybridized carbons (Fsp3) is 0.167. The average Bonchev–Trinajstić information content (AvgIpc) is 3.11. The van der Waals surface area contributed by atoms with E-state index in [2.05, 4.69) is 20.4 Å². The molecule has 100 valence electrons. The van der Waals surface area contributed by atoms with Crippen molar-refractivity contribution in [2.24, 2.45) is 7.05 Å². The van der Waals surface area contributed by atoms with E-state index < -0.39 is 0 Å². The molecule has 4 heterocycles. The molecule has 4 aromatic heterocycles. The molecule has 0 atom stereocenters. The molecule has 0 saturated carbocycles. The van der Waals surface area contributed by atoms with Gasteiger partial charge in [-0.05, 0) is 19.1 Å². The lowest BCUT2D eigenvalue weighted by atomic mass is 10.3. The van der Waals surface area contributed by atoms with Crippen molar-refractivity contribution in [1.29, 1.82) is 0 Å². The molecule has 0 aliphatic heterocycles. The van der Waals surface area contributed by atoms with Crippen LogP contribution in [-0.4, -0.2) is 29.6 Å². The van der Waals surface area contributed by atoms with Crippen LogP contribution in [0.15, 0.2) is 29.0 Å². The zero-order valence-corrected chi connectivity index (χ0v) is 11.6. The first kappa shape index (κ1) is 11.4. The predicted octanol–water partition coefficient (Wildman–Crippen LogP) is 2.15. The van der Waals surface area contributed by atoms with Crippen LogP contribution in [0.5, 0.6) is 0 Å². The monoisotopic (exact) mass is 286 g/mol. The molecule has 8 heteroatoms. The molecule has 4 aromatic rings. The Morgan fingerprint density at radius 2 is 2.15 bits per heavy atom. The number of fused-ring (bicyclic) bond motifs is 1. The van der Waals surface area contributed by atoms with Crippen molar-refractivity contribution >= 4 is 16.3 Å². The summed E-state index contributed by atoms with van der Waals surface area (Å²) in [5, 5.41) is 18.0. The fourth-order valence-corrected chi connectivity index (χ4v) is 3.00. The smallest absolute Gasteiger partial charge is 0.235 e. The SMILES string of the molecule is Cc1nn(C)cc1-c1nn2c(-c3ccco3)nnc2s1. The number of aromatic nitrogens is 6. The highest BCUT2D eigenvalue weighted by Crippen LogP contribution is 2.29. The van der Waals surface area contributed by atoms with E-state index in [0.29, 0.717) is 11.6 Å². The van der Waals surface area contributed by atoms with E-state index in [1.807, 2.05) is 32.3 Å². The van der Waals surface area contributed by atoms with Crippen molar-refractivity contribution in [3.8, 4) is 22.2 Å². The van der Waals surface area contributed by atoms with Crippen LogP contribution in [0.3, 0.4) is 0 Å². The molecular weight excluding hydrogens is 276 g/mol. The lowest BCUT2D eigenvalue weighted by Crippen LogP contribution is -1.89. The zero-order valence-electron chi connectivity index (χ0n) is 10.8. The Kier molecular flexibility index (Phi) is 2.27. The lowest BCUT2D eigenvalue weighted by Gasteiger charge is -1.91. The second-order valence-electron chi connectivity index (χ2n) is 4.40. The van der Waals surface area contributed by atoms with Crippen molar-refractivity contribution in [1.82, 2.24) is 29.6 Å². The van der Waals surface area contributed by atoms with Crippen LogP contribution < -0.4 is 0 Å². The summed E-state index contributed by atoms with van der Waals surface area (Å²) < 4.78 is 8.83. The van der Waals surface area contributed by atoms with Gasteiger partial charge in [0.25, 0.3) is 0 Å². The Labute approximate surface area is 117 Å². The number of nitrogens with zero attached hydrogens (tertiary/aromatic N) is 6. The Morgan fingerprint density at radius 3 is 2.85 bits per heavy atom. The maximum atomic E-state index is 5.35. The number of rotatable bonds is 2. The van der Waals surface area contributed by atoms with Gasteiger partial charge >= 0.3 is 0 Å². The van der Waals surface area contributed by atoms with Gasteiger partial charge in [-0.2, -0.15) is 14.7 Å². The minimum absolute atomic E-state index is 0.606. The maximum Gasteiger partial charge on any atom is 0.235 e. The van der Waals surface area contributed by atoms with Crippen LogP contribution in [0.2, 0.25) is 0 Å². The fourth-order valence-electron chi connectivity index (χ4n) is 2.09. The molecule has 0 aliphatic rings. The number of hydrogen-bond donors (Lipinski definition) is 0. The van der Waals surface area contributed by atoms with E-state index >= 15 is 0 Å². The zero-order chi connectivity index (χ0) is 13.7. The van der Waals surface area contributed by atoms with Crippen molar-refractivity contribution in [2.45, 2.75) is 6.92 Å². The Morgan fingerprint density at radius 1 is 1.25 bits per heavy atom. The van der Waals surface area contributed by atoms with Crippen molar-refractivity contribution in [3.63, 3.8) is 0 Å². The summed E-state index contributed by atoms with van der Waals surface area (Å²) in [6.07, 6.45) is 3.56. The van der Waals surface area contributed by atoms with Crippen LogP contribution in [0.25, 0.3) is 27.1 Å². The standard InChI is InChI=1S/C12H10N6OS/c1-7-8(6-17(2)15-7)11-16-18-10(9-4-3-5-19-9)13-14-12(18)20-11/h3-6H,1-2H3. The molecule has 7 nitrogen and oxygen atoms in total. The van der Waals surface area contributed by atoms with Gasteiger partial charge in [-0.1, -0.05) is 11.3 Å². The highest BCUT2D eigenvalue weighted by Gasteiger charge is 2.17. The van der Waals surface area contributed by atoms with E-state index in [0.717, 1.165) is 21.2 Å². The Bertz CT molecular complexity index is 885. The van der Waals surface area contributed by atoms with Crippen molar-refractivity contribution < 1.29 is 4.42 Å². The highest BCUT2D eigenvalue weighted by molar-refractivity contribution is 7.19. The summed E-state index contributed by atoms with van der Waals surface area (Å²) >= 11 is 1.48. The highest BCUT2D eigenvalue weighted by atomic mass is 32.1. The molecule has 0 bridgehead atoms. The van der Waals surface area contributed by atoms with Gasteiger partial charge in [-0.25, -0.2) is 0 Å². The molecule has 0 amide bonds. The van der Waals surface area contributed by atoms with Gasteiger partial charge in [-0.15, -0.1) is 10.2 Å². The summed E-state index contributed by atoms with van der Waals surface area (Å²) in [6.45, 7) is 1.96. The molecule has 0 fully saturated rings. The normalized spacial score (nSPS) is 11.5. The quantitative estimate of drug-likeness (QED) is 0.564. The van der Waals surface area contributed by atoms with Gasteiger partial charge in [0, 0.05) is 13.2 Å². The predicted molar refractivity (Wildman–Crippen MR) is 73.3 cm³/mol. The van der Waals surface area contributed by atoms with Crippen LogP contribution in [-0.2, 0) is 7.05 Å². The van der Waals surface area contributed by atoms with E-state index in [-0.39, 0.29) is 0 Å². The molecule has 0 unspecified atom stereocenters. The Balaban J connectivity index is 1.90. The average molecular weight is 286 g/mol.